The topological polar surface area (TPSA) is 53.3 Å². The molecule has 1 heterocycles. The molecule has 1 rings (SSSR count). The molecule has 2 unspecified atom stereocenters. The quantitative estimate of drug-likeness (QED) is 0.723. The smallest absolute Gasteiger partial charge is 0.409 e. The van der Waals surface area contributed by atoms with E-state index >= 15 is 0 Å². The van der Waals surface area contributed by atoms with Crippen LogP contribution in [0.3, 0.4) is 0 Å². The van der Waals surface area contributed by atoms with Gasteiger partial charge in [-0.25, -0.2) is 4.79 Å². The number of ether oxygens (including phenoxy) is 1. The first-order valence-electron chi connectivity index (χ1n) is 5.91. The lowest BCUT2D eigenvalue weighted by Gasteiger charge is -2.36. The van der Waals surface area contributed by atoms with Gasteiger partial charge in [0.1, 0.15) is 0 Å². The Morgan fingerprint density at radius 1 is 1.62 bits per heavy atom. The molecule has 0 bridgehead atoms. The van der Waals surface area contributed by atoms with Gasteiger partial charge in [-0.3, -0.25) is 0 Å². The van der Waals surface area contributed by atoms with E-state index in [1.807, 2.05) is 0 Å². The van der Waals surface area contributed by atoms with E-state index in [1.165, 1.54) is 0 Å². The Bertz CT molecular complexity index is 283. The van der Waals surface area contributed by atoms with Crippen molar-refractivity contribution < 1.29 is 9.53 Å². The van der Waals surface area contributed by atoms with Gasteiger partial charge in [0.2, 0.25) is 0 Å². The second-order valence-corrected chi connectivity index (χ2v) is 4.58. The summed E-state index contributed by atoms with van der Waals surface area (Å²) in [6.45, 7) is 7.67. The SMILES string of the molecule is CCOC(=O)N1CCC(C(C)C)C(C#N)C1. The van der Waals surface area contributed by atoms with Crippen molar-refractivity contribution in [3.63, 3.8) is 0 Å². The molecule has 0 aromatic rings. The number of likely N-dealkylation sites (tertiary alicyclic amines) is 1. The van der Waals surface area contributed by atoms with E-state index in [2.05, 4.69) is 19.9 Å². The van der Waals surface area contributed by atoms with Gasteiger partial charge in [-0.05, 0) is 25.2 Å². The zero-order chi connectivity index (χ0) is 12.1. The Hall–Kier alpha value is -1.24. The zero-order valence-electron chi connectivity index (χ0n) is 10.3. The number of nitriles is 1. The number of hydrogen-bond donors (Lipinski definition) is 0. The fraction of sp³-hybridized carbons (Fsp3) is 0.833. The predicted molar refractivity (Wildman–Crippen MR) is 60.6 cm³/mol. The van der Waals surface area contributed by atoms with E-state index in [4.69, 9.17) is 10.00 Å². The van der Waals surface area contributed by atoms with Crippen LogP contribution in [0.5, 0.6) is 0 Å². The summed E-state index contributed by atoms with van der Waals surface area (Å²) in [6, 6.07) is 2.31. The maximum Gasteiger partial charge on any atom is 0.409 e. The lowest BCUT2D eigenvalue weighted by molar-refractivity contribution is 0.0736. The molecule has 90 valence electrons. The number of piperidine rings is 1. The molecule has 0 aromatic carbocycles. The molecule has 0 N–H and O–H groups in total. The average Bonchev–Trinajstić information content (AvgIpc) is 2.28. The molecule has 0 aliphatic carbocycles. The highest BCUT2D eigenvalue weighted by Gasteiger charge is 2.33. The van der Waals surface area contributed by atoms with Gasteiger partial charge in [-0.2, -0.15) is 5.26 Å². The maximum absolute atomic E-state index is 11.5. The number of carbonyl (C=O) groups is 1. The summed E-state index contributed by atoms with van der Waals surface area (Å²) in [4.78, 5) is 13.2. The van der Waals surface area contributed by atoms with Crippen molar-refractivity contribution in [2.75, 3.05) is 19.7 Å². The van der Waals surface area contributed by atoms with Crippen LogP contribution in [-0.2, 0) is 4.74 Å². The summed E-state index contributed by atoms with van der Waals surface area (Å²) >= 11 is 0. The third-order valence-corrected chi connectivity index (χ3v) is 3.21. The van der Waals surface area contributed by atoms with E-state index < -0.39 is 0 Å². The average molecular weight is 224 g/mol. The van der Waals surface area contributed by atoms with Gasteiger partial charge in [0.25, 0.3) is 0 Å². The van der Waals surface area contributed by atoms with Gasteiger partial charge >= 0.3 is 6.09 Å². The molecule has 4 nitrogen and oxygen atoms in total. The van der Waals surface area contributed by atoms with Crippen LogP contribution >= 0.6 is 0 Å². The molecule has 0 aromatic heterocycles. The van der Waals surface area contributed by atoms with Gasteiger partial charge < -0.3 is 9.64 Å². The number of amides is 1. The lowest BCUT2D eigenvalue weighted by atomic mass is 9.79. The normalized spacial score (nSPS) is 25.3. The van der Waals surface area contributed by atoms with Crippen molar-refractivity contribution in [2.24, 2.45) is 17.8 Å². The highest BCUT2D eigenvalue weighted by molar-refractivity contribution is 5.67. The van der Waals surface area contributed by atoms with Crippen molar-refractivity contribution in [3.05, 3.63) is 0 Å². The molecule has 1 fully saturated rings. The minimum absolute atomic E-state index is 0.0573. The van der Waals surface area contributed by atoms with E-state index in [-0.39, 0.29) is 12.0 Å². The Balaban J connectivity index is 2.59. The van der Waals surface area contributed by atoms with Crippen LogP contribution in [0.25, 0.3) is 0 Å². The van der Waals surface area contributed by atoms with E-state index in [0.29, 0.717) is 31.5 Å². The first kappa shape index (κ1) is 12.8. The molecular formula is C12H20N2O2. The van der Waals surface area contributed by atoms with Crippen molar-refractivity contribution in [2.45, 2.75) is 27.2 Å². The Morgan fingerprint density at radius 3 is 2.81 bits per heavy atom. The zero-order valence-corrected chi connectivity index (χ0v) is 10.3. The Labute approximate surface area is 97.2 Å². The Morgan fingerprint density at radius 2 is 2.31 bits per heavy atom. The minimum atomic E-state index is -0.287. The highest BCUT2D eigenvalue weighted by Crippen LogP contribution is 2.29. The van der Waals surface area contributed by atoms with Crippen LogP contribution in [0.2, 0.25) is 0 Å². The van der Waals surface area contributed by atoms with Crippen LogP contribution in [0.1, 0.15) is 27.2 Å². The number of hydrogen-bond acceptors (Lipinski definition) is 3. The van der Waals surface area contributed by atoms with Gasteiger partial charge in [-0.15, -0.1) is 0 Å². The Kier molecular flexibility index (Phi) is 4.60. The molecule has 1 saturated heterocycles. The summed E-state index contributed by atoms with van der Waals surface area (Å²) in [5.74, 6) is 0.836. The van der Waals surface area contributed by atoms with Crippen molar-refractivity contribution >= 4 is 6.09 Å². The maximum atomic E-state index is 11.5. The van der Waals surface area contributed by atoms with Crippen LogP contribution in [0.15, 0.2) is 0 Å². The molecular weight excluding hydrogens is 204 g/mol. The van der Waals surface area contributed by atoms with Gasteiger partial charge in [0, 0.05) is 13.1 Å². The molecule has 0 saturated carbocycles. The highest BCUT2D eigenvalue weighted by atomic mass is 16.6. The fourth-order valence-electron chi connectivity index (χ4n) is 2.29. The van der Waals surface area contributed by atoms with Crippen molar-refractivity contribution in [1.82, 2.24) is 4.90 Å². The number of carbonyl (C=O) groups excluding carboxylic acids is 1. The third-order valence-electron chi connectivity index (χ3n) is 3.21. The minimum Gasteiger partial charge on any atom is -0.450 e. The summed E-state index contributed by atoms with van der Waals surface area (Å²) in [6.07, 6.45) is 0.610. The monoisotopic (exact) mass is 224 g/mol. The van der Waals surface area contributed by atoms with E-state index in [0.717, 1.165) is 6.42 Å². The molecule has 4 heteroatoms. The second-order valence-electron chi connectivity index (χ2n) is 4.58. The summed E-state index contributed by atoms with van der Waals surface area (Å²) in [5.41, 5.74) is 0. The standard InChI is InChI=1S/C12H20N2O2/c1-4-16-12(15)14-6-5-11(9(2)3)10(7-13)8-14/h9-11H,4-6,8H2,1-3H3. The molecule has 1 amide bonds. The summed E-state index contributed by atoms with van der Waals surface area (Å²) in [5, 5.41) is 9.11. The predicted octanol–water partition coefficient (Wildman–Crippen LogP) is 2.26. The number of nitrogens with zero attached hydrogens (tertiary/aromatic N) is 2. The molecule has 1 aliphatic rings. The van der Waals surface area contributed by atoms with Gasteiger partial charge in [0.05, 0.1) is 18.6 Å². The second kappa shape index (κ2) is 5.74. The summed E-state index contributed by atoms with van der Waals surface area (Å²) < 4.78 is 4.95. The lowest BCUT2D eigenvalue weighted by Crippen LogP contribution is -2.44. The van der Waals surface area contributed by atoms with Crippen molar-refractivity contribution in [3.8, 4) is 6.07 Å². The van der Waals surface area contributed by atoms with Crippen LogP contribution in [0.4, 0.5) is 4.79 Å². The fourth-order valence-corrected chi connectivity index (χ4v) is 2.29. The largest absolute Gasteiger partial charge is 0.450 e. The van der Waals surface area contributed by atoms with E-state index in [9.17, 15) is 4.79 Å². The van der Waals surface area contributed by atoms with Crippen LogP contribution < -0.4 is 0 Å². The van der Waals surface area contributed by atoms with Crippen LogP contribution in [0, 0.1) is 29.1 Å². The first-order chi connectivity index (χ1) is 7.60. The molecule has 1 aliphatic heterocycles. The van der Waals surface area contributed by atoms with Gasteiger partial charge in [0.15, 0.2) is 0 Å². The first-order valence-corrected chi connectivity index (χ1v) is 5.91. The third kappa shape index (κ3) is 2.88. The van der Waals surface area contributed by atoms with E-state index in [1.54, 1.807) is 11.8 Å². The van der Waals surface area contributed by atoms with Crippen LogP contribution in [-0.4, -0.2) is 30.7 Å². The summed E-state index contributed by atoms with van der Waals surface area (Å²) in [7, 11) is 0. The van der Waals surface area contributed by atoms with Crippen molar-refractivity contribution in [1.29, 1.82) is 5.26 Å². The number of rotatable bonds is 2. The molecule has 0 radical (unpaired) electrons. The van der Waals surface area contributed by atoms with Gasteiger partial charge in [-0.1, -0.05) is 13.8 Å². The molecule has 2 atom stereocenters. The molecule has 0 spiro atoms. The molecule has 16 heavy (non-hydrogen) atoms.